The first-order chi connectivity index (χ1) is 9.84. The van der Waals surface area contributed by atoms with Crippen molar-refractivity contribution in [1.29, 1.82) is 0 Å². The second-order valence-electron chi connectivity index (χ2n) is 4.66. The number of carboxylic acid groups (broad SMARTS) is 1. The first-order valence-electron chi connectivity index (χ1n) is 6.06. The fourth-order valence-electron chi connectivity index (χ4n) is 2.02. The highest BCUT2D eigenvalue weighted by atomic mass is 19.1. The summed E-state index contributed by atoms with van der Waals surface area (Å²) in [5.41, 5.74) is -2.42. The number of hydrogen-bond donors (Lipinski definition) is 2. The van der Waals surface area contributed by atoms with Crippen molar-refractivity contribution < 1.29 is 23.1 Å². The van der Waals surface area contributed by atoms with E-state index >= 15 is 0 Å². The molecule has 0 bridgehead atoms. The zero-order valence-electron chi connectivity index (χ0n) is 11.0. The molecule has 110 valence electrons. The van der Waals surface area contributed by atoms with Crippen LogP contribution in [-0.2, 0) is 10.3 Å². The number of rotatable bonds is 4. The van der Waals surface area contributed by atoms with Crippen molar-refractivity contribution in [2.75, 3.05) is 5.32 Å². The summed E-state index contributed by atoms with van der Waals surface area (Å²) in [5, 5.41) is 11.9. The minimum absolute atomic E-state index is 0.226. The van der Waals surface area contributed by atoms with Gasteiger partial charge in [-0.1, -0.05) is 6.07 Å². The summed E-state index contributed by atoms with van der Waals surface area (Å²) in [4.78, 5) is 11.5. The van der Waals surface area contributed by atoms with Gasteiger partial charge in [-0.15, -0.1) is 0 Å². The Bertz CT molecular complexity index is 653. The average Bonchev–Trinajstić information content (AvgIpc) is 2.41. The molecule has 0 aliphatic carbocycles. The van der Waals surface area contributed by atoms with Crippen LogP contribution in [0.25, 0.3) is 0 Å². The van der Waals surface area contributed by atoms with E-state index in [1.165, 1.54) is 12.1 Å². The van der Waals surface area contributed by atoms with E-state index in [1.807, 2.05) is 0 Å². The molecule has 21 heavy (non-hydrogen) atoms. The minimum atomic E-state index is -2.03. The van der Waals surface area contributed by atoms with Crippen molar-refractivity contribution in [3.05, 3.63) is 65.5 Å². The largest absolute Gasteiger partial charge is 0.479 e. The summed E-state index contributed by atoms with van der Waals surface area (Å²) in [6, 6.07) is 7.90. The lowest BCUT2D eigenvalue weighted by atomic mass is 9.90. The molecule has 0 amide bonds. The van der Waals surface area contributed by atoms with Gasteiger partial charge in [-0.25, -0.2) is 18.0 Å². The molecule has 2 aromatic carbocycles. The van der Waals surface area contributed by atoms with Crippen LogP contribution in [0.15, 0.2) is 42.5 Å². The maximum atomic E-state index is 13.9. The van der Waals surface area contributed by atoms with Crippen LogP contribution in [0.3, 0.4) is 0 Å². The number of aliphatic carboxylic acids is 1. The number of carboxylic acids is 1. The van der Waals surface area contributed by atoms with Gasteiger partial charge in [0.05, 0.1) is 5.56 Å². The van der Waals surface area contributed by atoms with Gasteiger partial charge < -0.3 is 10.4 Å². The summed E-state index contributed by atoms with van der Waals surface area (Å²) in [6.45, 7) is 1.14. The van der Waals surface area contributed by atoms with Gasteiger partial charge in [0.25, 0.3) is 0 Å². The van der Waals surface area contributed by atoms with E-state index in [2.05, 4.69) is 5.32 Å². The first kappa shape index (κ1) is 14.9. The van der Waals surface area contributed by atoms with E-state index in [1.54, 1.807) is 0 Å². The molecule has 0 saturated carbocycles. The molecule has 1 unspecified atom stereocenters. The topological polar surface area (TPSA) is 49.3 Å². The fraction of sp³-hybridized carbons (Fsp3) is 0.133. The molecule has 2 N–H and O–H groups in total. The Kier molecular flexibility index (Phi) is 3.88. The van der Waals surface area contributed by atoms with Gasteiger partial charge in [-0.2, -0.15) is 0 Å². The monoisotopic (exact) mass is 295 g/mol. The highest BCUT2D eigenvalue weighted by Crippen LogP contribution is 2.30. The zero-order chi connectivity index (χ0) is 15.6. The Labute approximate surface area is 119 Å². The van der Waals surface area contributed by atoms with Crippen LogP contribution in [0.4, 0.5) is 18.9 Å². The van der Waals surface area contributed by atoms with Crippen LogP contribution < -0.4 is 5.32 Å². The van der Waals surface area contributed by atoms with Gasteiger partial charge in [0.1, 0.15) is 17.5 Å². The summed E-state index contributed by atoms with van der Waals surface area (Å²) in [7, 11) is 0. The molecular weight excluding hydrogens is 283 g/mol. The SMILES string of the molecule is CC(Nc1ccc(F)cc1)(C(=O)O)c1c(F)cccc1F. The molecule has 0 aliphatic heterocycles. The Morgan fingerprint density at radius 3 is 2.05 bits per heavy atom. The quantitative estimate of drug-likeness (QED) is 0.907. The predicted molar refractivity (Wildman–Crippen MR) is 71.4 cm³/mol. The van der Waals surface area contributed by atoms with Crippen molar-refractivity contribution >= 4 is 11.7 Å². The lowest BCUT2D eigenvalue weighted by molar-refractivity contribution is -0.142. The van der Waals surface area contributed by atoms with E-state index in [-0.39, 0.29) is 5.69 Å². The summed E-state index contributed by atoms with van der Waals surface area (Å²) < 4.78 is 40.6. The molecule has 0 spiro atoms. The third-order valence-electron chi connectivity index (χ3n) is 3.13. The third kappa shape index (κ3) is 2.84. The van der Waals surface area contributed by atoms with Gasteiger partial charge in [0.2, 0.25) is 0 Å². The molecule has 3 nitrogen and oxygen atoms in total. The molecule has 0 aromatic heterocycles. The maximum absolute atomic E-state index is 13.9. The molecule has 0 fully saturated rings. The molecule has 1 atom stereocenters. The lowest BCUT2D eigenvalue weighted by Crippen LogP contribution is -2.42. The number of benzene rings is 2. The lowest BCUT2D eigenvalue weighted by Gasteiger charge is -2.28. The second-order valence-corrected chi connectivity index (χ2v) is 4.66. The zero-order valence-corrected chi connectivity index (χ0v) is 11.0. The summed E-state index contributed by atoms with van der Waals surface area (Å²) in [6.07, 6.45) is 0. The predicted octanol–water partition coefficient (Wildman–Crippen LogP) is 3.52. The first-order valence-corrected chi connectivity index (χ1v) is 6.06. The van der Waals surface area contributed by atoms with Crippen LogP contribution in [0, 0.1) is 17.5 Å². The molecule has 2 aromatic rings. The van der Waals surface area contributed by atoms with Crippen LogP contribution in [-0.4, -0.2) is 11.1 Å². The molecule has 0 saturated heterocycles. The van der Waals surface area contributed by atoms with Crippen molar-refractivity contribution in [3.63, 3.8) is 0 Å². The van der Waals surface area contributed by atoms with Gasteiger partial charge in [0, 0.05) is 5.69 Å². The van der Waals surface area contributed by atoms with Crippen molar-refractivity contribution in [3.8, 4) is 0 Å². The van der Waals surface area contributed by atoms with Gasteiger partial charge in [-0.05, 0) is 43.3 Å². The van der Waals surface area contributed by atoms with E-state index in [0.717, 1.165) is 37.3 Å². The highest BCUT2D eigenvalue weighted by molar-refractivity contribution is 5.84. The van der Waals surface area contributed by atoms with Crippen LogP contribution >= 0.6 is 0 Å². The highest BCUT2D eigenvalue weighted by Gasteiger charge is 2.40. The van der Waals surface area contributed by atoms with Crippen LogP contribution in [0.2, 0.25) is 0 Å². The average molecular weight is 295 g/mol. The van der Waals surface area contributed by atoms with E-state index in [4.69, 9.17) is 0 Å². The van der Waals surface area contributed by atoms with Gasteiger partial charge in [0.15, 0.2) is 5.54 Å². The van der Waals surface area contributed by atoms with Crippen LogP contribution in [0.1, 0.15) is 12.5 Å². The third-order valence-corrected chi connectivity index (χ3v) is 3.13. The molecular formula is C15H12F3NO2. The number of halogens is 3. The van der Waals surface area contributed by atoms with E-state index in [0.29, 0.717) is 0 Å². The van der Waals surface area contributed by atoms with Crippen molar-refractivity contribution in [2.24, 2.45) is 0 Å². The van der Waals surface area contributed by atoms with Gasteiger partial charge >= 0.3 is 5.97 Å². The Hall–Kier alpha value is -2.50. The normalized spacial score (nSPS) is 13.5. The summed E-state index contributed by atoms with van der Waals surface area (Å²) >= 11 is 0. The number of hydrogen-bond acceptors (Lipinski definition) is 2. The van der Waals surface area contributed by atoms with Crippen LogP contribution in [0.5, 0.6) is 0 Å². The van der Waals surface area contributed by atoms with Crippen molar-refractivity contribution in [1.82, 2.24) is 0 Å². The summed E-state index contributed by atoms with van der Waals surface area (Å²) in [5.74, 6) is -3.92. The number of anilines is 1. The van der Waals surface area contributed by atoms with Crippen molar-refractivity contribution in [2.45, 2.75) is 12.5 Å². The smallest absolute Gasteiger partial charge is 0.333 e. The standard InChI is InChI=1S/C15H12F3NO2/c1-15(14(20)21,13-11(17)3-2-4-12(13)18)19-10-7-5-9(16)6-8-10/h2-8,19H,1H3,(H,20,21). The molecule has 0 heterocycles. The Balaban J connectivity index is 2.51. The minimum Gasteiger partial charge on any atom is -0.479 e. The Morgan fingerprint density at radius 2 is 1.57 bits per heavy atom. The number of carbonyl (C=O) groups is 1. The van der Waals surface area contributed by atoms with E-state index in [9.17, 15) is 23.1 Å². The van der Waals surface area contributed by atoms with Gasteiger partial charge in [-0.3, -0.25) is 0 Å². The number of nitrogens with one attached hydrogen (secondary N) is 1. The molecule has 6 heteroatoms. The fourth-order valence-corrected chi connectivity index (χ4v) is 2.02. The van der Waals surface area contributed by atoms with E-state index < -0.39 is 34.5 Å². The Morgan fingerprint density at radius 1 is 1.05 bits per heavy atom. The molecule has 2 rings (SSSR count). The molecule has 0 aliphatic rings. The molecule has 0 radical (unpaired) electrons. The maximum Gasteiger partial charge on any atom is 0.333 e. The second kappa shape index (κ2) is 5.47.